The summed E-state index contributed by atoms with van der Waals surface area (Å²) in [5, 5.41) is 2.52. The summed E-state index contributed by atoms with van der Waals surface area (Å²) in [5.41, 5.74) is 5.53. The molecule has 2 amide bonds. The standard InChI is InChI=1S/C21H24FN4O3/c1-13(2)14-9-18(21(23)29)25(11-14)12-19(27)24-17-7-6-15(10-16(17)22)26-8-4-3-5-20(26)28/h3-10,13-14,18H,11-12H2,1-2H3,(H2,23,29)(H,24,27). The van der Waals surface area contributed by atoms with Crippen LogP contribution in [0.2, 0.25) is 0 Å². The zero-order valence-corrected chi connectivity index (χ0v) is 16.3. The van der Waals surface area contributed by atoms with E-state index in [4.69, 9.17) is 5.73 Å². The lowest BCUT2D eigenvalue weighted by atomic mass is 9.93. The highest BCUT2D eigenvalue weighted by Crippen LogP contribution is 2.28. The van der Waals surface area contributed by atoms with Crippen molar-refractivity contribution in [3.05, 3.63) is 65.2 Å². The predicted molar refractivity (Wildman–Crippen MR) is 108 cm³/mol. The van der Waals surface area contributed by atoms with Crippen LogP contribution in [0, 0.1) is 24.1 Å². The molecule has 3 rings (SSSR count). The fourth-order valence-corrected chi connectivity index (χ4v) is 3.44. The Kier molecular flexibility index (Phi) is 6.12. The van der Waals surface area contributed by atoms with Crippen molar-refractivity contribution in [1.82, 2.24) is 9.47 Å². The molecule has 0 saturated carbocycles. The number of rotatable bonds is 6. The molecule has 1 saturated heterocycles. The maximum absolute atomic E-state index is 14.5. The Balaban J connectivity index is 1.70. The summed E-state index contributed by atoms with van der Waals surface area (Å²) in [6, 6.07) is 8.16. The first kappa shape index (κ1) is 20.7. The van der Waals surface area contributed by atoms with Gasteiger partial charge in [-0.3, -0.25) is 23.9 Å². The number of aromatic nitrogens is 1. The molecule has 1 aromatic heterocycles. The van der Waals surface area contributed by atoms with Crippen LogP contribution in [0.25, 0.3) is 5.69 Å². The van der Waals surface area contributed by atoms with Gasteiger partial charge in [-0.1, -0.05) is 19.9 Å². The number of nitrogens with two attached hydrogens (primary N) is 1. The van der Waals surface area contributed by atoms with Crippen molar-refractivity contribution in [3.63, 3.8) is 0 Å². The molecule has 0 aliphatic carbocycles. The average molecular weight is 399 g/mol. The van der Waals surface area contributed by atoms with Crippen molar-refractivity contribution in [2.24, 2.45) is 17.6 Å². The highest BCUT2D eigenvalue weighted by atomic mass is 19.1. The molecule has 2 aromatic rings. The van der Waals surface area contributed by atoms with Crippen LogP contribution in [-0.2, 0) is 9.59 Å². The minimum absolute atomic E-state index is 0.00180. The fourth-order valence-electron chi connectivity index (χ4n) is 3.44. The van der Waals surface area contributed by atoms with Crippen LogP contribution < -0.4 is 16.6 Å². The van der Waals surface area contributed by atoms with Gasteiger partial charge in [0, 0.05) is 24.9 Å². The van der Waals surface area contributed by atoms with Gasteiger partial charge in [-0.25, -0.2) is 4.39 Å². The molecular weight excluding hydrogens is 375 g/mol. The summed E-state index contributed by atoms with van der Waals surface area (Å²) in [6.07, 6.45) is 3.40. The summed E-state index contributed by atoms with van der Waals surface area (Å²) >= 11 is 0. The van der Waals surface area contributed by atoms with Crippen molar-refractivity contribution in [2.45, 2.75) is 19.9 Å². The number of halogens is 1. The Bertz CT molecular complexity index is 972. The minimum atomic E-state index is -0.661. The molecule has 153 valence electrons. The van der Waals surface area contributed by atoms with Gasteiger partial charge >= 0.3 is 0 Å². The van der Waals surface area contributed by atoms with Crippen molar-refractivity contribution in [3.8, 4) is 5.69 Å². The maximum Gasteiger partial charge on any atom is 0.255 e. The first-order valence-corrected chi connectivity index (χ1v) is 9.42. The lowest BCUT2D eigenvalue weighted by molar-refractivity contribution is -0.123. The summed E-state index contributed by atoms with van der Waals surface area (Å²) < 4.78 is 15.8. The monoisotopic (exact) mass is 399 g/mol. The molecule has 29 heavy (non-hydrogen) atoms. The molecule has 2 atom stereocenters. The second-order valence-corrected chi connectivity index (χ2v) is 7.50. The highest BCUT2D eigenvalue weighted by molar-refractivity contribution is 5.93. The van der Waals surface area contributed by atoms with Crippen LogP contribution in [0.4, 0.5) is 10.1 Å². The van der Waals surface area contributed by atoms with E-state index in [2.05, 4.69) is 5.32 Å². The maximum atomic E-state index is 14.5. The average Bonchev–Trinajstić information content (AvgIpc) is 3.08. The molecule has 1 aliphatic heterocycles. The number of carbonyl (C=O) groups excluding carboxylic acids is 2. The number of anilines is 1. The van der Waals surface area contributed by atoms with E-state index in [1.807, 2.05) is 20.3 Å². The number of amides is 2. The van der Waals surface area contributed by atoms with E-state index in [1.165, 1.54) is 29.0 Å². The number of nitrogens with one attached hydrogen (secondary N) is 1. The molecule has 0 bridgehead atoms. The van der Waals surface area contributed by atoms with Gasteiger partial charge in [-0.2, -0.15) is 0 Å². The zero-order valence-electron chi connectivity index (χ0n) is 16.3. The first-order chi connectivity index (χ1) is 13.8. The number of benzene rings is 1. The Morgan fingerprint density at radius 1 is 1.28 bits per heavy atom. The van der Waals surface area contributed by atoms with E-state index in [-0.39, 0.29) is 23.7 Å². The highest BCUT2D eigenvalue weighted by Gasteiger charge is 2.37. The second kappa shape index (κ2) is 8.57. The fraction of sp³-hybridized carbons (Fsp3) is 0.333. The van der Waals surface area contributed by atoms with Gasteiger partial charge in [0.1, 0.15) is 5.82 Å². The van der Waals surface area contributed by atoms with Gasteiger partial charge in [0.2, 0.25) is 11.8 Å². The largest absolute Gasteiger partial charge is 0.368 e. The van der Waals surface area contributed by atoms with E-state index in [9.17, 15) is 18.8 Å². The molecule has 7 nitrogen and oxygen atoms in total. The molecular formula is C21H24FN4O3. The quantitative estimate of drug-likeness (QED) is 0.770. The smallest absolute Gasteiger partial charge is 0.255 e. The summed E-state index contributed by atoms with van der Waals surface area (Å²) in [7, 11) is 0. The molecule has 8 heteroatoms. The number of nitrogens with zero attached hydrogens (tertiary/aromatic N) is 2. The van der Waals surface area contributed by atoms with Crippen LogP contribution in [0.15, 0.2) is 47.4 Å². The van der Waals surface area contributed by atoms with Crippen LogP contribution in [-0.4, -0.2) is 40.4 Å². The van der Waals surface area contributed by atoms with E-state index in [1.54, 1.807) is 23.1 Å². The molecule has 1 fully saturated rings. The van der Waals surface area contributed by atoms with Gasteiger partial charge in [-0.05, 0) is 36.5 Å². The van der Waals surface area contributed by atoms with Crippen molar-refractivity contribution in [2.75, 3.05) is 18.4 Å². The SMILES string of the molecule is CC(C)C1[CH]C(C(N)=O)N(CC(=O)Nc2ccc(-n3ccccc3=O)cc2F)C1. The third kappa shape index (κ3) is 4.71. The summed E-state index contributed by atoms with van der Waals surface area (Å²) in [6.45, 7) is 4.54. The predicted octanol–water partition coefficient (Wildman–Crippen LogP) is 1.56. The van der Waals surface area contributed by atoms with Gasteiger partial charge in [0.15, 0.2) is 0 Å². The van der Waals surface area contributed by atoms with Crippen molar-refractivity contribution in [1.29, 1.82) is 0 Å². The molecule has 0 spiro atoms. The van der Waals surface area contributed by atoms with Crippen LogP contribution in [0.1, 0.15) is 13.8 Å². The summed E-state index contributed by atoms with van der Waals surface area (Å²) in [4.78, 5) is 37.7. The van der Waals surface area contributed by atoms with Crippen molar-refractivity contribution < 1.29 is 14.0 Å². The Hall–Kier alpha value is -3.00. The van der Waals surface area contributed by atoms with Crippen LogP contribution in [0.3, 0.4) is 0 Å². The minimum Gasteiger partial charge on any atom is -0.368 e. The number of hydrogen-bond acceptors (Lipinski definition) is 4. The Labute approximate surface area is 168 Å². The number of primary amides is 1. The van der Waals surface area contributed by atoms with Gasteiger partial charge in [0.25, 0.3) is 5.56 Å². The number of hydrogen-bond donors (Lipinski definition) is 2. The lowest BCUT2D eigenvalue weighted by Gasteiger charge is -2.21. The molecule has 1 radical (unpaired) electrons. The molecule has 1 aliphatic rings. The number of likely N-dealkylation sites (tertiary alicyclic amines) is 1. The number of pyridine rings is 1. The van der Waals surface area contributed by atoms with E-state index < -0.39 is 23.7 Å². The van der Waals surface area contributed by atoms with Crippen LogP contribution >= 0.6 is 0 Å². The van der Waals surface area contributed by atoms with Gasteiger partial charge < -0.3 is 11.1 Å². The molecule has 2 unspecified atom stereocenters. The Morgan fingerprint density at radius 2 is 2.03 bits per heavy atom. The van der Waals surface area contributed by atoms with E-state index >= 15 is 0 Å². The first-order valence-electron chi connectivity index (χ1n) is 9.42. The van der Waals surface area contributed by atoms with E-state index in [0.717, 1.165) is 0 Å². The van der Waals surface area contributed by atoms with Crippen molar-refractivity contribution >= 4 is 17.5 Å². The Morgan fingerprint density at radius 3 is 2.66 bits per heavy atom. The third-order valence-electron chi connectivity index (χ3n) is 5.09. The normalized spacial score (nSPS) is 19.4. The van der Waals surface area contributed by atoms with Gasteiger partial charge in [-0.15, -0.1) is 0 Å². The van der Waals surface area contributed by atoms with Crippen LogP contribution in [0.5, 0.6) is 0 Å². The molecule has 1 aromatic carbocycles. The lowest BCUT2D eigenvalue weighted by Crippen LogP contribution is -2.44. The van der Waals surface area contributed by atoms with E-state index in [0.29, 0.717) is 18.2 Å². The zero-order chi connectivity index (χ0) is 21.1. The summed E-state index contributed by atoms with van der Waals surface area (Å²) in [5.74, 6) is -1.15. The third-order valence-corrected chi connectivity index (χ3v) is 5.09. The number of carbonyl (C=O) groups is 2. The second-order valence-electron chi connectivity index (χ2n) is 7.50. The van der Waals surface area contributed by atoms with Gasteiger partial charge in [0.05, 0.1) is 24.0 Å². The molecule has 2 heterocycles. The topological polar surface area (TPSA) is 97.4 Å². The molecule has 3 N–H and O–H groups in total.